The van der Waals surface area contributed by atoms with Crippen molar-refractivity contribution in [1.82, 2.24) is 10.6 Å². The minimum absolute atomic E-state index is 0.0381. The lowest BCUT2D eigenvalue weighted by Gasteiger charge is -2.22. The van der Waals surface area contributed by atoms with Gasteiger partial charge in [0, 0.05) is 18.9 Å². The first kappa shape index (κ1) is 30.8. The Kier molecular flexibility index (Phi) is 11.5. The molecule has 222 valence electrons. The van der Waals surface area contributed by atoms with Crippen molar-refractivity contribution in [3.8, 4) is 11.1 Å². The quantitative estimate of drug-likeness (QED) is 0.180. The van der Waals surface area contributed by atoms with E-state index in [-0.39, 0.29) is 24.9 Å². The lowest BCUT2D eigenvalue weighted by molar-refractivity contribution is -0.146. The largest absolute Gasteiger partial charge is 0.480 e. The van der Waals surface area contributed by atoms with Crippen molar-refractivity contribution in [2.24, 2.45) is 0 Å². The molecule has 0 radical (unpaired) electrons. The van der Waals surface area contributed by atoms with E-state index in [2.05, 4.69) is 34.9 Å². The van der Waals surface area contributed by atoms with Gasteiger partial charge in [0.2, 0.25) is 5.91 Å². The average molecular weight is 573 g/mol. The highest BCUT2D eigenvalue weighted by Gasteiger charge is 2.29. The smallest absolute Gasteiger partial charge is 0.407 e. The number of fused-ring (bicyclic) bond motifs is 3. The minimum atomic E-state index is -1.12. The number of hydrogen-bond donors (Lipinski definition) is 3. The fourth-order valence-corrected chi connectivity index (χ4v) is 5.30. The highest BCUT2D eigenvalue weighted by Crippen LogP contribution is 2.44. The van der Waals surface area contributed by atoms with Crippen molar-refractivity contribution in [2.45, 2.75) is 70.1 Å². The first-order valence-electron chi connectivity index (χ1n) is 14.7. The predicted octanol–water partition coefficient (Wildman–Crippen LogP) is 6.04. The Morgan fingerprint density at radius 1 is 0.810 bits per heavy atom. The molecular weight excluding hydrogens is 532 g/mol. The van der Waals surface area contributed by atoms with Gasteiger partial charge >= 0.3 is 12.1 Å². The van der Waals surface area contributed by atoms with E-state index in [0.717, 1.165) is 31.2 Å². The molecule has 2 unspecified atom stereocenters. The molecule has 42 heavy (non-hydrogen) atoms. The molecule has 2 amide bonds. The minimum Gasteiger partial charge on any atom is -0.480 e. The van der Waals surface area contributed by atoms with Crippen LogP contribution in [0.25, 0.3) is 11.1 Å². The monoisotopic (exact) mass is 572 g/mol. The number of benzene rings is 3. The van der Waals surface area contributed by atoms with E-state index in [1.807, 2.05) is 54.6 Å². The molecule has 0 saturated heterocycles. The van der Waals surface area contributed by atoms with Gasteiger partial charge in [0.25, 0.3) is 0 Å². The molecule has 1 aliphatic carbocycles. The molecular formula is C34H40N2O6. The van der Waals surface area contributed by atoms with E-state index in [9.17, 15) is 19.5 Å². The van der Waals surface area contributed by atoms with Crippen LogP contribution in [0.4, 0.5) is 4.79 Å². The molecule has 3 aromatic rings. The molecule has 0 saturated carbocycles. The number of carbonyl (C=O) groups excluding carboxylic acids is 2. The zero-order valence-corrected chi connectivity index (χ0v) is 24.1. The average Bonchev–Trinajstić information content (AvgIpc) is 3.32. The summed E-state index contributed by atoms with van der Waals surface area (Å²) in [5, 5.41) is 15.0. The Bertz CT molecular complexity index is 1280. The molecule has 1 aliphatic rings. The number of carboxylic acids is 1. The highest BCUT2D eigenvalue weighted by atomic mass is 16.5. The fraction of sp³-hybridized carbons (Fsp3) is 0.382. The lowest BCUT2D eigenvalue weighted by atomic mass is 9.98. The zero-order chi connectivity index (χ0) is 29.7. The maximum absolute atomic E-state index is 12.3. The van der Waals surface area contributed by atoms with Gasteiger partial charge in [-0.25, -0.2) is 9.59 Å². The number of nitrogens with one attached hydrogen (secondary N) is 2. The zero-order valence-electron chi connectivity index (χ0n) is 24.1. The Labute approximate surface area is 247 Å². The van der Waals surface area contributed by atoms with Gasteiger partial charge in [0.05, 0.1) is 12.7 Å². The Morgan fingerprint density at radius 2 is 1.40 bits per heavy atom. The summed E-state index contributed by atoms with van der Waals surface area (Å²) in [6, 6.07) is 24.9. The second-order valence-corrected chi connectivity index (χ2v) is 10.7. The second-order valence-electron chi connectivity index (χ2n) is 10.7. The summed E-state index contributed by atoms with van der Waals surface area (Å²) >= 11 is 0. The molecule has 0 bridgehead atoms. The van der Waals surface area contributed by atoms with Gasteiger partial charge in [0.15, 0.2) is 6.04 Å². The normalized spacial score (nSPS) is 13.5. The van der Waals surface area contributed by atoms with E-state index in [1.54, 1.807) is 6.92 Å². The van der Waals surface area contributed by atoms with E-state index in [1.165, 1.54) is 22.3 Å². The van der Waals surface area contributed by atoms with Crippen molar-refractivity contribution < 1.29 is 29.0 Å². The molecule has 0 fully saturated rings. The Balaban J connectivity index is 1.05. The van der Waals surface area contributed by atoms with Gasteiger partial charge < -0.3 is 25.2 Å². The molecule has 0 heterocycles. The van der Waals surface area contributed by atoms with Crippen molar-refractivity contribution in [3.05, 3.63) is 95.6 Å². The van der Waals surface area contributed by atoms with Crippen LogP contribution in [0.15, 0.2) is 78.9 Å². The van der Waals surface area contributed by atoms with Crippen LogP contribution in [0.2, 0.25) is 0 Å². The Morgan fingerprint density at radius 3 is 2.07 bits per heavy atom. The summed E-state index contributed by atoms with van der Waals surface area (Å²) < 4.78 is 11.3. The van der Waals surface area contributed by atoms with Gasteiger partial charge in [-0.05, 0) is 47.6 Å². The summed E-state index contributed by atoms with van der Waals surface area (Å²) in [5.41, 5.74) is 5.70. The van der Waals surface area contributed by atoms with E-state index in [0.29, 0.717) is 19.6 Å². The fourth-order valence-electron chi connectivity index (χ4n) is 5.30. The van der Waals surface area contributed by atoms with Gasteiger partial charge in [-0.2, -0.15) is 0 Å². The van der Waals surface area contributed by atoms with E-state index < -0.39 is 24.2 Å². The van der Waals surface area contributed by atoms with Crippen LogP contribution in [-0.4, -0.2) is 48.4 Å². The summed E-state index contributed by atoms with van der Waals surface area (Å²) in [5.74, 6) is -1.38. The summed E-state index contributed by atoms with van der Waals surface area (Å²) in [7, 11) is 0. The molecule has 8 heteroatoms. The molecule has 3 aromatic carbocycles. The van der Waals surface area contributed by atoms with E-state index >= 15 is 0 Å². The van der Waals surface area contributed by atoms with Crippen molar-refractivity contribution in [2.75, 3.05) is 13.2 Å². The maximum Gasteiger partial charge on any atom is 0.407 e. The van der Waals surface area contributed by atoms with Crippen LogP contribution in [0.5, 0.6) is 0 Å². The Hall–Kier alpha value is -4.17. The molecule has 0 aliphatic heterocycles. The predicted molar refractivity (Wildman–Crippen MR) is 161 cm³/mol. The van der Waals surface area contributed by atoms with Crippen LogP contribution < -0.4 is 10.6 Å². The van der Waals surface area contributed by atoms with Crippen molar-refractivity contribution in [3.63, 3.8) is 0 Å². The standard InChI is InChI=1S/C34H40N2O6/c1-24(41-22-25-14-6-5-7-15-25)32(33(38)39)36-31(37)20-8-3-2-4-13-21-35-34(40)42-23-30-28-18-11-9-16-26(28)27-17-10-12-19-29(27)30/h5-7,9-12,14-19,24,30,32H,2-4,8,13,20-23H2,1H3,(H,35,40)(H,36,37)(H,38,39). The van der Waals surface area contributed by atoms with Gasteiger partial charge in [0.1, 0.15) is 6.61 Å². The number of amides is 2. The number of unbranched alkanes of at least 4 members (excludes halogenated alkanes) is 4. The third-order valence-electron chi connectivity index (χ3n) is 7.60. The third kappa shape index (κ3) is 8.66. The van der Waals surface area contributed by atoms with Crippen LogP contribution in [0.1, 0.15) is 68.1 Å². The van der Waals surface area contributed by atoms with Crippen molar-refractivity contribution in [1.29, 1.82) is 0 Å². The van der Waals surface area contributed by atoms with Gasteiger partial charge in [-0.15, -0.1) is 0 Å². The number of carboxylic acid groups (broad SMARTS) is 1. The summed E-state index contributed by atoms with van der Waals surface area (Å²) in [6.07, 6.45) is 3.32. The number of alkyl carbamates (subject to hydrolysis) is 1. The van der Waals surface area contributed by atoms with Crippen LogP contribution in [0.3, 0.4) is 0 Å². The lowest BCUT2D eigenvalue weighted by Crippen LogP contribution is -2.48. The maximum atomic E-state index is 12.3. The first-order chi connectivity index (χ1) is 20.4. The number of rotatable bonds is 16. The SMILES string of the molecule is CC(OCc1ccccc1)C(NC(=O)CCCCCCCNC(=O)OCC1c2ccccc2-c2ccccc21)C(=O)O. The highest BCUT2D eigenvalue weighted by molar-refractivity contribution is 5.84. The third-order valence-corrected chi connectivity index (χ3v) is 7.60. The van der Waals surface area contributed by atoms with Crippen LogP contribution in [0, 0.1) is 0 Å². The summed E-state index contributed by atoms with van der Waals surface area (Å²) in [4.78, 5) is 36.3. The number of ether oxygens (including phenoxy) is 2. The van der Waals surface area contributed by atoms with Gasteiger partial charge in [-0.3, -0.25) is 4.79 Å². The summed E-state index contributed by atoms with van der Waals surface area (Å²) in [6.45, 7) is 2.75. The second kappa shape index (κ2) is 15.7. The topological polar surface area (TPSA) is 114 Å². The number of hydrogen-bond acceptors (Lipinski definition) is 5. The number of aliphatic carboxylic acids is 1. The molecule has 0 aromatic heterocycles. The van der Waals surface area contributed by atoms with Gasteiger partial charge in [-0.1, -0.05) is 98.1 Å². The van der Waals surface area contributed by atoms with Crippen molar-refractivity contribution >= 4 is 18.0 Å². The molecule has 8 nitrogen and oxygen atoms in total. The number of carbonyl (C=O) groups is 3. The van der Waals surface area contributed by atoms with Crippen LogP contribution >= 0.6 is 0 Å². The molecule has 0 spiro atoms. The molecule has 4 rings (SSSR count). The molecule has 2 atom stereocenters. The molecule has 3 N–H and O–H groups in total. The van der Waals surface area contributed by atoms with Crippen LogP contribution in [-0.2, 0) is 25.7 Å². The first-order valence-corrected chi connectivity index (χ1v) is 14.7. The van der Waals surface area contributed by atoms with E-state index in [4.69, 9.17) is 9.47 Å².